The number of aromatic nitrogens is 2. The van der Waals surface area contributed by atoms with Crippen LogP contribution >= 0.6 is 24.0 Å². The highest BCUT2D eigenvalue weighted by Gasteiger charge is 2.39. The average molecular weight is 286 g/mol. The third-order valence-electron chi connectivity index (χ3n) is 3.22. The van der Waals surface area contributed by atoms with Gasteiger partial charge in [0.2, 0.25) is 0 Å². The number of hydrogen-bond acceptors (Lipinski definition) is 4. The van der Waals surface area contributed by atoms with Crippen LogP contribution < -0.4 is 5.73 Å². The number of nitrogens with two attached hydrogens (primary N) is 1. The molecule has 1 aromatic carbocycles. The summed E-state index contributed by atoms with van der Waals surface area (Å²) in [5.41, 5.74) is 6.48. The zero-order chi connectivity index (χ0) is 11.9. The minimum Gasteiger partial charge on any atom is -0.334 e. The van der Waals surface area contributed by atoms with Gasteiger partial charge in [0.15, 0.2) is 5.82 Å². The van der Waals surface area contributed by atoms with Crippen molar-refractivity contribution in [2.45, 2.75) is 24.8 Å². The van der Waals surface area contributed by atoms with Gasteiger partial charge in [0, 0.05) is 0 Å². The Morgan fingerprint density at radius 3 is 2.61 bits per heavy atom. The van der Waals surface area contributed by atoms with E-state index in [1.54, 1.807) is 6.07 Å². The van der Waals surface area contributed by atoms with E-state index in [4.69, 9.17) is 21.9 Å². The van der Waals surface area contributed by atoms with Crippen LogP contribution in [0.5, 0.6) is 0 Å². The molecular weight excluding hydrogens is 273 g/mol. The lowest BCUT2D eigenvalue weighted by molar-refractivity contribution is 0.229. The molecule has 0 atom stereocenters. The van der Waals surface area contributed by atoms with Gasteiger partial charge in [-0.15, -0.1) is 12.4 Å². The lowest BCUT2D eigenvalue weighted by atomic mass is 9.77. The normalized spacial score (nSPS) is 16.8. The van der Waals surface area contributed by atoms with Crippen molar-refractivity contribution >= 4 is 24.0 Å². The second kappa shape index (κ2) is 4.88. The quantitative estimate of drug-likeness (QED) is 0.921. The molecule has 1 heterocycles. The van der Waals surface area contributed by atoms with Crippen molar-refractivity contribution in [3.05, 3.63) is 35.1 Å². The molecule has 0 amide bonds. The van der Waals surface area contributed by atoms with Gasteiger partial charge in [0.05, 0.1) is 16.1 Å². The van der Waals surface area contributed by atoms with Crippen LogP contribution in [0.4, 0.5) is 0 Å². The Labute approximate surface area is 116 Å². The van der Waals surface area contributed by atoms with Gasteiger partial charge in [-0.3, -0.25) is 0 Å². The maximum Gasteiger partial charge on any atom is 0.259 e. The summed E-state index contributed by atoms with van der Waals surface area (Å²) in [5, 5.41) is 4.56. The SMILES string of the molecule is Cl.NC1(c2noc(-c3ccccc3Cl)n2)CCC1. The molecule has 4 nitrogen and oxygen atoms in total. The summed E-state index contributed by atoms with van der Waals surface area (Å²) < 4.78 is 5.23. The Kier molecular flexibility index (Phi) is 3.61. The fourth-order valence-corrected chi connectivity index (χ4v) is 2.17. The van der Waals surface area contributed by atoms with E-state index in [9.17, 15) is 0 Å². The summed E-state index contributed by atoms with van der Waals surface area (Å²) in [6.07, 6.45) is 2.94. The van der Waals surface area contributed by atoms with Crippen molar-refractivity contribution in [2.24, 2.45) is 5.73 Å². The van der Waals surface area contributed by atoms with E-state index in [-0.39, 0.29) is 12.4 Å². The standard InChI is InChI=1S/C12H12ClN3O.ClH/c13-9-5-2-1-4-8(9)10-15-11(16-17-10)12(14)6-3-7-12;/h1-2,4-5H,3,6-7,14H2;1H. The zero-order valence-corrected chi connectivity index (χ0v) is 11.2. The molecule has 1 aliphatic carbocycles. The molecule has 3 rings (SSSR count). The number of rotatable bonds is 2. The predicted octanol–water partition coefficient (Wildman–Crippen LogP) is 3.15. The van der Waals surface area contributed by atoms with Gasteiger partial charge in [0.25, 0.3) is 5.89 Å². The zero-order valence-electron chi connectivity index (χ0n) is 9.60. The molecule has 1 aromatic heterocycles. The molecule has 18 heavy (non-hydrogen) atoms. The van der Waals surface area contributed by atoms with Gasteiger partial charge in [-0.1, -0.05) is 28.9 Å². The maximum atomic E-state index is 6.14. The Morgan fingerprint density at radius 1 is 1.28 bits per heavy atom. The van der Waals surface area contributed by atoms with Crippen molar-refractivity contribution in [3.63, 3.8) is 0 Å². The van der Waals surface area contributed by atoms with Gasteiger partial charge in [-0.2, -0.15) is 4.98 Å². The van der Waals surface area contributed by atoms with E-state index < -0.39 is 5.54 Å². The second-order valence-corrected chi connectivity index (χ2v) is 4.82. The summed E-state index contributed by atoms with van der Waals surface area (Å²) in [6.45, 7) is 0. The number of benzene rings is 1. The third-order valence-corrected chi connectivity index (χ3v) is 3.55. The van der Waals surface area contributed by atoms with Crippen LogP contribution in [0.25, 0.3) is 11.5 Å². The maximum absolute atomic E-state index is 6.14. The lowest BCUT2D eigenvalue weighted by Crippen LogP contribution is -2.44. The average Bonchev–Trinajstić information content (AvgIpc) is 2.76. The summed E-state index contributed by atoms with van der Waals surface area (Å²) in [4.78, 5) is 4.35. The van der Waals surface area contributed by atoms with Crippen LogP contribution in [0.3, 0.4) is 0 Å². The first-order valence-corrected chi connectivity index (χ1v) is 5.95. The van der Waals surface area contributed by atoms with Crippen LogP contribution in [0.1, 0.15) is 25.1 Å². The Hall–Kier alpha value is -1.10. The van der Waals surface area contributed by atoms with Crippen LogP contribution in [0.2, 0.25) is 5.02 Å². The Bertz CT molecular complexity index is 552. The van der Waals surface area contributed by atoms with Gasteiger partial charge in [-0.05, 0) is 31.4 Å². The first-order valence-electron chi connectivity index (χ1n) is 5.57. The third kappa shape index (κ3) is 2.11. The second-order valence-electron chi connectivity index (χ2n) is 4.41. The van der Waals surface area contributed by atoms with E-state index in [1.807, 2.05) is 18.2 Å². The molecule has 6 heteroatoms. The first kappa shape index (κ1) is 13.3. The molecule has 0 saturated heterocycles. The van der Waals surface area contributed by atoms with Gasteiger partial charge in [0.1, 0.15) is 0 Å². The smallest absolute Gasteiger partial charge is 0.259 e. The van der Waals surface area contributed by atoms with Crippen molar-refractivity contribution in [2.75, 3.05) is 0 Å². The molecule has 1 saturated carbocycles. The fourth-order valence-electron chi connectivity index (χ4n) is 1.95. The molecule has 0 radical (unpaired) electrons. The number of halogens is 2. The number of hydrogen-bond donors (Lipinski definition) is 1. The van der Waals surface area contributed by atoms with Gasteiger partial charge in [-0.25, -0.2) is 0 Å². The molecule has 1 fully saturated rings. The highest BCUT2D eigenvalue weighted by Crippen LogP contribution is 2.38. The van der Waals surface area contributed by atoms with Crippen molar-refractivity contribution < 1.29 is 4.52 Å². The molecule has 0 unspecified atom stereocenters. The highest BCUT2D eigenvalue weighted by molar-refractivity contribution is 6.33. The largest absolute Gasteiger partial charge is 0.334 e. The minimum absolute atomic E-state index is 0. The molecule has 96 valence electrons. The van der Waals surface area contributed by atoms with E-state index in [1.165, 1.54) is 0 Å². The van der Waals surface area contributed by atoms with E-state index in [2.05, 4.69) is 10.1 Å². The molecule has 0 spiro atoms. The van der Waals surface area contributed by atoms with Crippen LogP contribution in [0, 0.1) is 0 Å². The lowest BCUT2D eigenvalue weighted by Gasteiger charge is -2.34. The molecule has 1 aliphatic rings. The van der Waals surface area contributed by atoms with Crippen molar-refractivity contribution in [1.29, 1.82) is 0 Å². The molecule has 0 bridgehead atoms. The first-order chi connectivity index (χ1) is 8.19. The van der Waals surface area contributed by atoms with E-state index in [0.29, 0.717) is 16.7 Å². The Morgan fingerprint density at radius 2 is 2.00 bits per heavy atom. The monoisotopic (exact) mass is 285 g/mol. The minimum atomic E-state index is -0.400. The predicted molar refractivity (Wildman–Crippen MR) is 71.7 cm³/mol. The summed E-state index contributed by atoms with van der Waals surface area (Å²) in [6, 6.07) is 7.39. The van der Waals surface area contributed by atoms with E-state index >= 15 is 0 Å². The van der Waals surface area contributed by atoms with E-state index in [0.717, 1.165) is 24.8 Å². The van der Waals surface area contributed by atoms with Crippen LogP contribution in [0.15, 0.2) is 28.8 Å². The topological polar surface area (TPSA) is 64.9 Å². The summed E-state index contributed by atoms with van der Waals surface area (Å²) >= 11 is 6.07. The van der Waals surface area contributed by atoms with Crippen molar-refractivity contribution in [3.8, 4) is 11.5 Å². The highest BCUT2D eigenvalue weighted by atomic mass is 35.5. The molecule has 2 N–H and O–H groups in total. The number of nitrogens with zero attached hydrogens (tertiary/aromatic N) is 2. The summed E-state index contributed by atoms with van der Waals surface area (Å²) in [7, 11) is 0. The van der Waals surface area contributed by atoms with Crippen molar-refractivity contribution in [1.82, 2.24) is 10.1 Å². The van der Waals surface area contributed by atoms with Gasteiger partial charge >= 0.3 is 0 Å². The van der Waals surface area contributed by atoms with Crippen LogP contribution in [-0.4, -0.2) is 10.1 Å². The molecule has 2 aromatic rings. The summed E-state index contributed by atoms with van der Waals surface area (Å²) in [5.74, 6) is 1.01. The van der Waals surface area contributed by atoms with Gasteiger partial charge < -0.3 is 10.3 Å². The molecular formula is C12H13Cl2N3O. The Balaban J connectivity index is 0.00000120. The fraction of sp³-hybridized carbons (Fsp3) is 0.333. The molecule has 0 aliphatic heterocycles. The van der Waals surface area contributed by atoms with Crippen LogP contribution in [-0.2, 0) is 5.54 Å².